The zero-order valence-corrected chi connectivity index (χ0v) is 31.4. The Labute approximate surface area is 318 Å². The summed E-state index contributed by atoms with van der Waals surface area (Å²) in [6.45, 7) is 6.18. The highest BCUT2D eigenvalue weighted by Gasteiger charge is 2.52. The molecule has 1 aliphatic rings. The van der Waals surface area contributed by atoms with E-state index in [0.717, 1.165) is 22.3 Å². The molecular formula is C43H52N2O9. The highest BCUT2D eigenvalue weighted by atomic mass is 16.7. The van der Waals surface area contributed by atoms with Crippen molar-refractivity contribution in [1.82, 2.24) is 5.32 Å². The van der Waals surface area contributed by atoms with Crippen LogP contribution >= 0.6 is 0 Å². The predicted octanol–water partition coefficient (Wildman–Crippen LogP) is 6.50. The van der Waals surface area contributed by atoms with E-state index >= 15 is 0 Å². The van der Waals surface area contributed by atoms with E-state index in [-0.39, 0.29) is 26.4 Å². The summed E-state index contributed by atoms with van der Waals surface area (Å²) in [5.74, 6) is -1.58. The zero-order valence-electron chi connectivity index (χ0n) is 31.4. The Kier molecular flexibility index (Phi) is 15.2. The van der Waals surface area contributed by atoms with Gasteiger partial charge in [-0.3, -0.25) is 4.79 Å². The van der Waals surface area contributed by atoms with Crippen LogP contribution in [-0.4, -0.2) is 68.6 Å². The van der Waals surface area contributed by atoms with Crippen LogP contribution in [-0.2, 0) is 57.8 Å². The van der Waals surface area contributed by atoms with Gasteiger partial charge in [0.1, 0.15) is 23.9 Å². The third-order valence-electron chi connectivity index (χ3n) is 8.87. The number of esters is 1. The molecule has 0 aliphatic carbocycles. The summed E-state index contributed by atoms with van der Waals surface area (Å²) in [6, 6.07) is 36.8. The SMILES string of the molecule is COC(=O)[C@H](N)[C@H]1[C@H](OC[C@@H](NC(=O)OC(C)(C)C)c2ccccc2)O[C@H](COCc2ccccc2)[C@@H](OCc2ccccc2)[C@@H]1OCc1ccccc1. The summed E-state index contributed by atoms with van der Waals surface area (Å²) in [5, 5.41) is 2.93. The minimum absolute atomic E-state index is 0.0587. The third kappa shape index (κ3) is 12.2. The van der Waals surface area contributed by atoms with Crippen LogP contribution in [0.25, 0.3) is 0 Å². The standard InChI is InChI=1S/C43H52N2O9/c1-43(2,3)54-42(47)45-34(33-23-15-8-16-24-33)28-52-41-36(37(44)40(46)48-4)39(51-27-32-21-13-7-14-22-32)38(50-26-31-19-11-6-12-20-31)35(53-41)29-49-25-30-17-9-5-10-18-30/h5-24,34-39,41H,25-29,44H2,1-4H3,(H,45,47)/t34-,35-,36-,37-,38-,39-,41-/m1/s1. The molecule has 1 fully saturated rings. The molecule has 1 heterocycles. The van der Waals surface area contributed by atoms with Crippen LogP contribution in [0.5, 0.6) is 0 Å². The van der Waals surface area contributed by atoms with E-state index in [2.05, 4.69) is 5.32 Å². The van der Waals surface area contributed by atoms with Crippen LogP contribution in [0.3, 0.4) is 0 Å². The number of hydrogen-bond donors (Lipinski definition) is 2. The van der Waals surface area contributed by atoms with E-state index in [0.29, 0.717) is 6.61 Å². The number of carbonyl (C=O) groups is 2. The molecule has 0 unspecified atom stereocenters. The molecule has 0 bridgehead atoms. The molecule has 288 valence electrons. The van der Waals surface area contributed by atoms with Crippen LogP contribution in [0.15, 0.2) is 121 Å². The van der Waals surface area contributed by atoms with Gasteiger partial charge in [0, 0.05) is 0 Å². The van der Waals surface area contributed by atoms with Crippen LogP contribution < -0.4 is 11.1 Å². The summed E-state index contributed by atoms with van der Waals surface area (Å²) >= 11 is 0. The molecule has 0 radical (unpaired) electrons. The van der Waals surface area contributed by atoms with Crippen molar-refractivity contribution in [3.05, 3.63) is 144 Å². The predicted molar refractivity (Wildman–Crippen MR) is 203 cm³/mol. The summed E-state index contributed by atoms with van der Waals surface area (Å²) in [5.41, 5.74) is 9.62. The maximum Gasteiger partial charge on any atom is 0.408 e. The second-order valence-electron chi connectivity index (χ2n) is 14.1. The second-order valence-corrected chi connectivity index (χ2v) is 14.1. The van der Waals surface area contributed by atoms with E-state index in [9.17, 15) is 9.59 Å². The molecule has 54 heavy (non-hydrogen) atoms. The Morgan fingerprint density at radius 3 is 1.74 bits per heavy atom. The van der Waals surface area contributed by atoms with E-state index in [1.165, 1.54) is 7.11 Å². The first-order valence-corrected chi connectivity index (χ1v) is 18.2. The first-order chi connectivity index (χ1) is 26.1. The van der Waals surface area contributed by atoms with Crippen molar-refractivity contribution in [2.45, 2.75) is 82.9 Å². The zero-order chi connectivity index (χ0) is 38.3. The number of nitrogens with one attached hydrogen (secondary N) is 1. The largest absolute Gasteiger partial charge is 0.468 e. The summed E-state index contributed by atoms with van der Waals surface area (Å²) < 4.78 is 43.7. The maximum absolute atomic E-state index is 13.3. The molecule has 11 nitrogen and oxygen atoms in total. The molecule has 4 aromatic rings. The molecule has 4 aromatic carbocycles. The lowest BCUT2D eigenvalue weighted by atomic mass is 9.85. The lowest BCUT2D eigenvalue weighted by molar-refractivity contribution is -0.308. The van der Waals surface area contributed by atoms with Crippen molar-refractivity contribution in [3.63, 3.8) is 0 Å². The molecule has 1 saturated heterocycles. The van der Waals surface area contributed by atoms with Gasteiger partial charge < -0.3 is 44.2 Å². The Bertz CT molecular complexity index is 1690. The maximum atomic E-state index is 13.3. The number of benzene rings is 4. The van der Waals surface area contributed by atoms with Crippen molar-refractivity contribution >= 4 is 12.1 Å². The average Bonchev–Trinajstić information content (AvgIpc) is 3.18. The van der Waals surface area contributed by atoms with Crippen LogP contribution in [0.1, 0.15) is 49.1 Å². The molecule has 5 rings (SSSR count). The van der Waals surface area contributed by atoms with Gasteiger partial charge in [-0.25, -0.2) is 4.79 Å². The Morgan fingerprint density at radius 2 is 1.22 bits per heavy atom. The quantitative estimate of drug-likeness (QED) is 0.116. The summed E-state index contributed by atoms with van der Waals surface area (Å²) in [6.07, 6.45) is -4.04. The lowest BCUT2D eigenvalue weighted by Crippen LogP contribution is -2.64. The normalized spacial score (nSPS) is 21.1. The van der Waals surface area contributed by atoms with Crippen molar-refractivity contribution in [2.75, 3.05) is 20.3 Å². The van der Waals surface area contributed by atoms with Gasteiger partial charge in [-0.05, 0) is 43.0 Å². The smallest absolute Gasteiger partial charge is 0.408 e. The topological polar surface area (TPSA) is 137 Å². The molecule has 0 saturated carbocycles. The number of methoxy groups -OCH3 is 1. The molecular weight excluding hydrogens is 688 g/mol. The minimum Gasteiger partial charge on any atom is -0.468 e. The molecule has 1 aliphatic heterocycles. The van der Waals surface area contributed by atoms with Crippen LogP contribution in [0, 0.1) is 5.92 Å². The molecule has 0 spiro atoms. The van der Waals surface area contributed by atoms with Crippen molar-refractivity contribution in [3.8, 4) is 0 Å². The lowest BCUT2D eigenvalue weighted by Gasteiger charge is -2.47. The fourth-order valence-electron chi connectivity index (χ4n) is 6.23. The highest BCUT2D eigenvalue weighted by Crippen LogP contribution is 2.35. The fourth-order valence-corrected chi connectivity index (χ4v) is 6.23. The van der Waals surface area contributed by atoms with Crippen LogP contribution in [0.2, 0.25) is 0 Å². The number of nitrogens with two attached hydrogens (primary N) is 1. The second kappa shape index (κ2) is 20.2. The van der Waals surface area contributed by atoms with Gasteiger partial charge in [-0.15, -0.1) is 0 Å². The first-order valence-electron chi connectivity index (χ1n) is 18.2. The van der Waals surface area contributed by atoms with Crippen LogP contribution in [0.4, 0.5) is 4.79 Å². The summed E-state index contributed by atoms with van der Waals surface area (Å²) in [4.78, 5) is 26.3. The third-order valence-corrected chi connectivity index (χ3v) is 8.87. The number of rotatable bonds is 17. The number of amides is 1. The van der Waals surface area contributed by atoms with Crippen molar-refractivity contribution in [1.29, 1.82) is 0 Å². The molecule has 3 N–H and O–H groups in total. The Morgan fingerprint density at radius 1 is 0.722 bits per heavy atom. The fraction of sp³-hybridized carbons (Fsp3) is 0.395. The van der Waals surface area contributed by atoms with Gasteiger partial charge in [0.25, 0.3) is 0 Å². The van der Waals surface area contributed by atoms with Crippen molar-refractivity contribution < 1.29 is 42.7 Å². The van der Waals surface area contributed by atoms with Gasteiger partial charge >= 0.3 is 12.1 Å². The van der Waals surface area contributed by atoms with Gasteiger partial charge in [-0.1, -0.05) is 121 Å². The Balaban J connectivity index is 1.49. The highest BCUT2D eigenvalue weighted by molar-refractivity contribution is 5.76. The van der Waals surface area contributed by atoms with Crippen molar-refractivity contribution in [2.24, 2.45) is 11.7 Å². The molecule has 7 atom stereocenters. The van der Waals surface area contributed by atoms with E-state index in [1.807, 2.05) is 121 Å². The van der Waals surface area contributed by atoms with Gasteiger partial charge in [-0.2, -0.15) is 0 Å². The number of carbonyl (C=O) groups excluding carboxylic acids is 2. The number of hydrogen-bond acceptors (Lipinski definition) is 10. The van der Waals surface area contributed by atoms with E-state index in [1.54, 1.807) is 20.8 Å². The first kappa shape index (κ1) is 40.6. The number of alkyl carbamates (subject to hydrolysis) is 1. The summed E-state index contributed by atoms with van der Waals surface area (Å²) in [7, 11) is 1.28. The average molecular weight is 741 g/mol. The molecule has 1 amide bonds. The Hall–Kier alpha value is -4.62. The molecule has 11 heteroatoms. The number of ether oxygens (including phenoxy) is 7. The molecule has 0 aromatic heterocycles. The van der Waals surface area contributed by atoms with E-state index in [4.69, 9.17) is 38.9 Å². The van der Waals surface area contributed by atoms with Gasteiger partial charge in [0.05, 0.1) is 58.2 Å². The van der Waals surface area contributed by atoms with E-state index < -0.39 is 60.3 Å². The van der Waals surface area contributed by atoms with Gasteiger partial charge in [0.15, 0.2) is 6.29 Å². The monoisotopic (exact) mass is 740 g/mol. The minimum atomic E-state index is -1.23. The van der Waals surface area contributed by atoms with Gasteiger partial charge in [0.2, 0.25) is 0 Å².